The average molecular weight is 206 g/mol. The van der Waals surface area contributed by atoms with Crippen LogP contribution in [0, 0.1) is 10.8 Å². The van der Waals surface area contributed by atoms with Crippen LogP contribution in [0.4, 0.5) is 0 Å². The first kappa shape index (κ1) is 7.24. The van der Waals surface area contributed by atoms with Crippen molar-refractivity contribution in [1.29, 1.82) is 0 Å². The molecule has 2 atom stereocenters. The van der Waals surface area contributed by atoms with E-state index in [-0.39, 0.29) is 0 Å². The zero-order valence-electron chi connectivity index (χ0n) is 14.0. The summed E-state index contributed by atoms with van der Waals surface area (Å²) in [4.78, 5) is 0. The predicted octanol–water partition coefficient (Wildman–Crippen LogP) is 3.21. The topological polar surface area (TPSA) is 18.5 Å². The van der Waals surface area contributed by atoms with Crippen molar-refractivity contribution in [2.75, 3.05) is 6.56 Å². The van der Waals surface area contributed by atoms with Gasteiger partial charge in [0.15, 0.2) is 6.29 Å². The lowest BCUT2D eigenvalue weighted by Crippen LogP contribution is -2.45. The second kappa shape index (κ2) is 3.82. The van der Waals surface area contributed by atoms with E-state index in [9.17, 15) is 0 Å². The maximum absolute atomic E-state index is 7.98. The normalized spacial score (nSPS) is 41.9. The Morgan fingerprint density at radius 3 is 2.21 bits per heavy atom. The van der Waals surface area contributed by atoms with Crippen molar-refractivity contribution in [2.24, 2.45) is 10.8 Å². The molecule has 2 heteroatoms. The summed E-state index contributed by atoms with van der Waals surface area (Å²) in [7, 11) is 0. The molecule has 14 heavy (non-hydrogen) atoms. The first-order valence-corrected chi connectivity index (χ1v) is 5.03. The molecule has 0 saturated carbocycles. The lowest BCUT2D eigenvalue weighted by molar-refractivity contribution is -0.270. The van der Waals surface area contributed by atoms with Gasteiger partial charge in [-0.15, -0.1) is 0 Å². The number of hydrogen-bond donors (Lipinski definition) is 0. The van der Waals surface area contributed by atoms with Crippen LogP contribution < -0.4 is 0 Å². The van der Waals surface area contributed by atoms with Crippen molar-refractivity contribution in [1.82, 2.24) is 0 Å². The first-order chi connectivity index (χ1) is 7.69. The fourth-order valence-corrected chi connectivity index (χ4v) is 1.13. The van der Waals surface area contributed by atoms with Crippen LogP contribution in [-0.2, 0) is 9.47 Å². The SMILES string of the molecule is [2H]C1([2H])C(C(C)(C)C)OC(C(C)(C)C)OC1([3H])[3H]. The monoisotopic (exact) mass is 206 g/mol. The second-order valence-corrected chi connectivity index (χ2v) is 5.94. The van der Waals surface area contributed by atoms with E-state index in [0.29, 0.717) is 0 Å². The highest BCUT2D eigenvalue weighted by Gasteiger charge is 2.37. The molecular formula is C12H24O2. The fourth-order valence-electron chi connectivity index (χ4n) is 1.13. The van der Waals surface area contributed by atoms with Gasteiger partial charge in [0.25, 0.3) is 0 Å². The zero-order chi connectivity index (χ0) is 14.6. The summed E-state index contributed by atoms with van der Waals surface area (Å²) < 4.78 is 42.6. The molecule has 0 aromatic carbocycles. The van der Waals surface area contributed by atoms with E-state index in [1.54, 1.807) is 0 Å². The van der Waals surface area contributed by atoms with Crippen LogP contribution in [-0.4, -0.2) is 19.0 Å². The molecule has 2 nitrogen and oxygen atoms in total. The molecule has 2 unspecified atom stereocenters. The zero-order valence-corrected chi connectivity index (χ0v) is 9.97. The molecule has 1 rings (SSSR count). The fraction of sp³-hybridized carbons (Fsp3) is 1.00. The van der Waals surface area contributed by atoms with Crippen molar-refractivity contribution in [3.05, 3.63) is 0 Å². The molecule has 1 aliphatic heterocycles. The van der Waals surface area contributed by atoms with Gasteiger partial charge >= 0.3 is 0 Å². The lowest BCUT2D eigenvalue weighted by Gasteiger charge is -2.42. The Kier molecular flexibility index (Phi) is 1.97. The average Bonchev–Trinajstić information content (AvgIpc) is 2.05. The van der Waals surface area contributed by atoms with Gasteiger partial charge in [-0.1, -0.05) is 41.5 Å². The molecule has 0 N–H and O–H groups in total. The quantitative estimate of drug-likeness (QED) is 0.606. The molecule has 0 radical (unpaired) electrons. The van der Waals surface area contributed by atoms with Gasteiger partial charge in [-0.2, -0.15) is 0 Å². The van der Waals surface area contributed by atoms with Crippen molar-refractivity contribution in [3.8, 4) is 0 Å². The standard InChI is InChI=1S/C12H24O2/c1-11(2,3)9-7-8-13-10(14-9)12(4,5)6/h9-10H,7-8H2,1-6H3/i7D2,8T2. The number of rotatable bonds is 0. The van der Waals surface area contributed by atoms with Gasteiger partial charge in [-0.3, -0.25) is 0 Å². The van der Waals surface area contributed by atoms with E-state index in [1.807, 2.05) is 41.5 Å². The van der Waals surface area contributed by atoms with Gasteiger partial charge in [0.2, 0.25) is 0 Å². The van der Waals surface area contributed by atoms with Crippen molar-refractivity contribution >= 4 is 0 Å². The highest BCUT2D eigenvalue weighted by atomic mass is 16.7. The third kappa shape index (κ3) is 2.96. The van der Waals surface area contributed by atoms with Gasteiger partial charge < -0.3 is 9.47 Å². The summed E-state index contributed by atoms with van der Waals surface area (Å²) in [5.74, 6) is 0. The van der Waals surface area contributed by atoms with E-state index in [2.05, 4.69) is 0 Å². The smallest absolute Gasteiger partial charge is 0.162 e. The molecule has 0 aliphatic carbocycles. The molecule has 1 saturated heterocycles. The third-order valence-corrected chi connectivity index (χ3v) is 2.11. The summed E-state index contributed by atoms with van der Waals surface area (Å²) >= 11 is 0. The molecule has 0 bridgehead atoms. The van der Waals surface area contributed by atoms with Crippen LogP contribution in [0.2, 0.25) is 0 Å². The Bertz CT molecular complexity index is 315. The third-order valence-electron chi connectivity index (χ3n) is 2.11. The van der Waals surface area contributed by atoms with Crippen LogP contribution in [0.3, 0.4) is 0 Å². The molecule has 1 fully saturated rings. The minimum atomic E-state index is -2.36. The van der Waals surface area contributed by atoms with Crippen molar-refractivity contribution in [2.45, 2.75) is 60.3 Å². The van der Waals surface area contributed by atoms with Gasteiger partial charge in [-0.05, 0) is 11.8 Å². The Balaban J connectivity index is 3.16. The summed E-state index contributed by atoms with van der Waals surface area (Å²) in [6.45, 7) is 8.82. The highest BCUT2D eigenvalue weighted by molar-refractivity contribution is 4.80. The molecule has 84 valence electrons. The Labute approximate surface area is 93.6 Å². The Morgan fingerprint density at radius 1 is 1.21 bits per heavy atom. The molecule has 0 amide bonds. The first-order valence-electron chi connectivity index (χ1n) is 7.03. The van der Waals surface area contributed by atoms with Gasteiger partial charge in [0, 0.05) is 8.16 Å². The molecule has 0 spiro atoms. The van der Waals surface area contributed by atoms with Crippen molar-refractivity contribution < 1.29 is 15.0 Å². The van der Waals surface area contributed by atoms with Crippen molar-refractivity contribution in [3.63, 3.8) is 0 Å². The largest absolute Gasteiger partial charge is 0.352 e. The predicted molar refractivity (Wildman–Crippen MR) is 58.1 cm³/mol. The summed E-state index contributed by atoms with van der Waals surface area (Å²) in [6, 6.07) is 0. The Morgan fingerprint density at radius 2 is 1.79 bits per heavy atom. The molecule has 0 aromatic heterocycles. The number of ether oxygens (including phenoxy) is 2. The highest BCUT2D eigenvalue weighted by Crippen LogP contribution is 2.34. The van der Waals surface area contributed by atoms with E-state index in [0.717, 1.165) is 0 Å². The van der Waals surface area contributed by atoms with Crippen LogP contribution in [0.15, 0.2) is 0 Å². The Hall–Kier alpha value is -0.0800. The van der Waals surface area contributed by atoms with Crippen LogP contribution in [0.1, 0.15) is 53.4 Å². The van der Waals surface area contributed by atoms with Gasteiger partial charge in [-0.25, -0.2) is 0 Å². The van der Waals surface area contributed by atoms with E-state index >= 15 is 0 Å². The molecular weight excluding hydrogens is 176 g/mol. The number of hydrogen-bond acceptors (Lipinski definition) is 2. The van der Waals surface area contributed by atoms with Crippen LogP contribution in [0.5, 0.6) is 0 Å². The summed E-state index contributed by atoms with van der Waals surface area (Å²) in [5, 5.41) is 0. The summed E-state index contributed by atoms with van der Waals surface area (Å²) in [6.07, 6.45) is -3.81. The van der Waals surface area contributed by atoms with E-state index in [1.165, 1.54) is 0 Å². The van der Waals surface area contributed by atoms with E-state index in [4.69, 9.17) is 15.0 Å². The minimum Gasteiger partial charge on any atom is -0.352 e. The van der Waals surface area contributed by atoms with Crippen LogP contribution >= 0.6 is 0 Å². The maximum atomic E-state index is 7.98. The summed E-state index contributed by atoms with van der Waals surface area (Å²) in [5.41, 5.74) is -0.919. The van der Waals surface area contributed by atoms with E-state index < -0.39 is 36.2 Å². The molecule has 1 heterocycles. The minimum absolute atomic E-state index is 0.409. The van der Waals surface area contributed by atoms with Gasteiger partial charge in [0.05, 0.1) is 15.4 Å². The second-order valence-electron chi connectivity index (χ2n) is 5.94. The molecule has 1 aliphatic rings. The lowest BCUT2D eigenvalue weighted by atomic mass is 9.86. The van der Waals surface area contributed by atoms with Gasteiger partial charge in [0.1, 0.15) is 0 Å². The maximum Gasteiger partial charge on any atom is 0.162 e. The van der Waals surface area contributed by atoms with Crippen LogP contribution in [0.25, 0.3) is 0 Å². The molecule has 0 aromatic rings.